The zero-order valence-corrected chi connectivity index (χ0v) is 13.1. The van der Waals surface area contributed by atoms with E-state index >= 15 is 0 Å². The van der Waals surface area contributed by atoms with Crippen molar-refractivity contribution in [3.8, 4) is 5.75 Å². The average Bonchev–Trinajstić information content (AvgIpc) is 2.50. The van der Waals surface area contributed by atoms with Crippen molar-refractivity contribution in [2.75, 3.05) is 6.61 Å². The van der Waals surface area contributed by atoms with Gasteiger partial charge in [0.15, 0.2) is 6.61 Å². The highest BCUT2D eigenvalue weighted by Crippen LogP contribution is 2.16. The molecule has 0 saturated heterocycles. The highest BCUT2D eigenvalue weighted by Gasteiger charge is 2.02. The van der Waals surface area contributed by atoms with E-state index < -0.39 is 0 Å². The molecule has 0 bridgehead atoms. The number of hydrogen-bond acceptors (Lipinski definition) is 3. The number of ether oxygens (including phenoxy) is 1. The molecule has 1 N–H and O–H groups in total. The molecule has 2 rings (SSSR count). The van der Waals surface area contributed by atoms with Gasteiger partial charge in [0.1, 0.15) is 5.75 Å². The molecule has 0 heterocycles. The molecule has 1 amide bonds. The van der Waals surface area contributed by atoms with Crippen molar-refractivity contribution in [1.82, 2.24) is 5.43 Å². The van der Waals surface area contributed by atoms with Gasteiger partial charge in [-0.15, -0.1) is 0 Å². The number of nitrogens with zero attached hydrogens (tertiary/aromatic N) is 1. The fourth-order valence-corrected chi connectivity index (χ4v) is 1.89. The van der Waals surface area contributed by atoms with Gasteiger partial charge in [0.25, 0.3) is 5.91 Å². The lowest BCUT2D eigenvalue weighted by molar-refractivity contribution is -0.123. The molecule has 0 spiro atoms. The molecule has 114 valence electrons. The maximum atomic E-state index is 11.7. The molecule has 0 fully saturated rings. The van der Waals surface area contributed by atoms with Crippen LogP contribution in [0.1, 0.15) is 22.3 Å². The fraction of sp³-hybridized carbons (Fsp3) is 0.222. The van der Waals surface area contributed by atoms with E-state index in [-0.39, 0.29) is 12.5 Å². The highest BCUT2D eigenvalue weighted by molar-refractivity contribution is 5.84. The predicted molar refractivity (Wildman–Crippen MR) is 88.3 cm³/mol. The minimum atomic E-state index is -0.289. The lowest BCUT2D eigenvalue weighted by Gasteiger charge is -2.07. The van der Waals surface area contributed by atoms with Crippen LogP contribution in [0.15, 0.2) is 47.6 Å². The van der Waals surface area contributed by atoms with Gasteiger partial charge >= 0.3 is 0 Å². The summed E-state index contributed by atoms with van der Waals surface area (Å²) in [6.07, 6.45) is 1.63. The molecular weight excluding hydrogens is 276 g/mol. The summed E-state index contributed by atoms with van der Waals surface area (Å²) in [5.41, 5.74) is 6.86. The summed E-state index contributed by atoms with van der Waals surface area (Å²) in [6.45, 7) is 5.97. The summed E-state index contributed by atoms with van der Waals surface area (Å²) in [5, 5.41) is 3.94. The highest BCUT2D eigenvalue weighted by atomic mass is 16.5. The number of nitrogens with one attached hydrogen (secondary N) is 1. The molecule has 4 nitrogen and oxygen atoms in total. The zero-order chi connectivity index (χ0) is 15.9. The van der Waals surface area contributed by atoms with Crippen LogP contribution in [0, 0.1) is 20.8 Å². The third kappa shape index (κ3) is 4.45. The molecule has 4 heteroatoms. The van der Waals surface area contributed by atoms with Gasteiger partial charge in [0.2, 0.25) is 0 Å². The Balaban J connectivity index is 1.83. The molecule has 22 heavy (non-hydrogen) atoms. The first-order valence-electron chi connectivity index (χ1n) is 7.14. The fourth-order valence-electron chi connectivity index (χ4n) is 1.89. The van der Waals surface area contributed by atoms with Gasteiger partial charge in [-0.05, 0) is 55.2 Å². The Kier molecular flexibility index (Phi) is 5.31. The number of amides is 1. The Labute approximate surface area is 130 Å². The monoisotopic (exact) mass is 296 g/mol. The number of hydrogen-bond donors (Lipinski definition) is 1. The van der Waals surface area contributed by atoms with Crippen LogP contribution in [0.5, 0.6) is 5.75 Å². The van der Waals surface area contributed by atoms with Crippen LogP contribution in [0.4, 0.5) is 0 Å². The molecule has 0 aliphatic heterocycles. The van der Waals surface area contributed by atoms with Gasteiger partial charge in [0, 0.05) is 0 Å². The quantitative estimate of drug-likeness (QED) is 0.680. The molecule has 0 radical (unpaired) electrons. The summed E-state index contributed by atoms with van der Waals surface area (Å²) in [7, 11) is 0. The molecule has 0 aliphatic carbocycles. The minimum Gasteiger partial charge on any atom is -0.484 e. The zero-order valence-electron chi connectivity index (χ0n) is 13.1. The van der Waals surface area contributed by atoms with Crippen molar-refractivity contribution in [2.24, 2.45) is 5.10 Å². The molecule has 2 aromatic carbocycles. The average molecular weight is 296 g/mol. The third-order valence-electron chi connectivity index (χ3n) is 3.43. The van der Waals surface area contributed by atoms with Crippen LogP contribution < -0.4 is 10.2 Å². The Morgan fingerprint density at radius 1 is 1.09 bits per heavy atom. The van der Waals surface area contributed by atoms with E-state index in [1.165, 1.54) is 5.56 Å². The number of rotatable bonds is 5. The second-order valence-electron chi connectivity index (χ2n) is 5.18. The second kappa shape index (κ2) is 7.41. The summed E-state index contributed by atoms with van der Waals surface area (Å²) in [5.74, 6) is 0.393. The van der Waals surface area contributed by atoms with Crippen molar-refractivity contribution in [1.29, 1.82) is 0 Å². The lowest BCUT2D eigenvalue weighted by atomic mass is 10.1. The first-order chi connectivity index (χ1) is 10.6. The largest absolute Gasteiger partial charge is 0.484 e. The number of benzene rings is 2. The standard InChI is InChI=1S/C18H20N2O2/c1-13-8-9-17(10-15(13)3)22-12-18(21)20-19-11-16-7-5-4-6-14(16)2/h4-11H,12H2,1-3H3,(H,20,21)/b19-11-. The van der Waals surface area contributed by atoms with Crippen LogP contribution in [0.2, 0.25) is 0 Å². The first-order valence-corrected chi connectivity index (χ1v) is 7.14. The number of hydrazone groups is 1. The van der Waals surface area contributed by atoms with Gasteiger partial charge in [-0.3, -0.25) is 4.79 Å². The smallest absolute Gasteiger partial charge is 0.277 e. The number of carbonyl (C=O) groups excluding carboxylic acids is 1. The van der Waals surface area contributed by atoms with Crippen molar-refractivity contribution >= 4 is 12.1 Å². The van der Waals surface area contributed by atoms with E-state index in [2.05, 4.69) is 10.5 Å². The van der Waals surface area contributed by atoms with Crippen LogP contribution in [-0.2, 0) is 4.79 Å². The second-order valence-corrected chi connectivity index (χ2v) is 5.18. The van der Waals surface area contributed by atoms with Crippen molar-refractivity contribution in [2.45, 2.75) is 20.8 Å². The number of aryl methyl sites for hydroxylation is 3. The van der Waals surface area contributed by atoms with Crippen molar-refractivity contribution in [3.63, 3.8) is 0 Å². The molecule has 0 aliphatic rings. The van der Waals surface area contributed by atoms with E-state index in [9.17, 15) is 4.79 Å². The summed E-state index contributed by atoms with van der Waals surface area (Å²) >= 11 is 0. The predicted octanol–water partition coefficient (Wildman–Crippen LogP) is 3.14. The van der Waals surface area contributed by atoms with E-state index in [1.54, 1.807) is 6.21 Å². The summed E-state index contributed by atoms with van der Waals surface area (Å²) in [6, 6.07) is 13.6. The Morgan fingerprint density at radius 2 is 1.86 bits per heavy atom. The third-order valence-corrected chi connectivity index (χ3v) is 3.43. The topological polar surface area (TPSA) is 50.7 Å². The first kappa shape index (κ1) is 15.8. The molecule has 0 atom stereocenters. The minimum absolute atomic E-state index is 0.0619. The Bertz CT molecular complexity index is 693. The summed E-state index contributed by atoms with van der Waals surface area (Å²) < 4.78 is 5.44. The van der Waals surface area contributed by atoms with E-state index in [0.29, 0.717) is 5.75 Å². The van der Waals surface area contributed by atoms with E-state index in [1.807, 2.05) is 63.2 Å². The molecule has 0 saturated carbocycles. The maximum Gasteiger partial charge on any atom is 0.277 e. The SMILES string of the molecule is Cc1ccc(OCC(=O)N/N=C\c2ccccc2C)cc1C. The molecule has 0 unspecified atom stereocenters. The lowest BCUT2D eigenvalue weighted by Crippen LogP contribution is -2.24. The van der Waals surface area contributed by atoms with E-state index in [0.717, 1.165) is 16.7 Å². The van der Waals surface area contributed by atoms with Gasteiger partial charge in [-0.1, -0.05) is 30.3 Å². The normalized spacial score (nSPS) is 10.7. The Hall–Kier alpha value is -2.62. The van der Waals surface area contributed by atoms with Gasteiger partial charge in [-0.2, -0.15) is 5.10 Å². The number of carbonyl (C=O) groups is 1. The van der Waals surface area contributed by atoms with E-state index in [4.69, 9.17) is 4.74 Å². The van der Waals surface area contributed by atoms with Gasteiger partial charge in [0.05, 0.1) is 6.21 Å². The van der Waals surface area contributed by atoms with Gasteiger partial charge in [-0.25, -0.2) is 5.43 Å². The van der Waals surface area contributed by atoms with Crippen LogP contribution in [-0.4, -0.2) is 18.7 Å². The van der Waals surface area contributed by atoms with Crippen molar-refractivity contribution in [3.05, 3.63) is 64.7 Å². The summed E-state index contributed by atoms with van der Waals surface area (Å²) in [4.78, 5) is 11.7. The maximum absolute atomic E-state index is 11.7. The van der Waals surface area contributed by atoms with Crippen LogP contribution in [0.25, 0.3) is 0 Å². The van der Waals surface area contributed by atoms with Crippen molar-refractivity contribution < 1.29 is 9.53 Å². The van der Waals surface area contributed by atoms with Gasteiger partial charge < -0.3 is 4.74 Å². The van der Waals surface area contributed by atoms with Crippen LogP contribution in [0.3, 0.4) is 0 Å². The molecule has 0 aromatic heterocycles. The van der Waals surface area contributed by atoms with Crippen LogP contribution >= 0.6 is 0 Å². The Morgan fingerprint density at radius 3 is 2.59 bits per heavy atom. The molecule has 2 aromatic rings. The molecular formula is C18H20N2O2.